The van der Waals surface area contributed by atoms with Crippen LogP contribution in [-0.2, 0) is 4.79 Å². The largest absolute Gasteiger partial charge is 0.338 e. The Morgan fingerprint density at radius 3 is 2.93 bits per heavy atom. The zero-order chi connectivity index (χ0) is 10.8. The Morgan fingerprint density at radius 2 is 2.40 bits per heavy atom. The minimum absolute atomic E-state index is 0.0354. The number of rotatable bonds is 2. The van der Waals surface area contributed by atoms with Crippen LogP contribution in [0.25, 0.3) is 0 Å². The first-order valence-electron chi connectivity index (χ1n) is 5.15. The summed E-state index contributed by atoms with van der Waals surface area (Å²) in [5.41, 5.74) is 1.70. The highest BCUT2D eigenvalue weighted by Crippen LogP contribution is 2.18. The van der Waals surface area contributed by atoms with Crippen LogP contribution in [0, 0.1) is 13.8 Å². The number of hydrogen-bond acceptors (Lipinski definition) is 4. The van der Waals surface area contributed by atoms with Gasteiger partial charge < -0.3 is 9.84 Å². The smallest absolute Gasteiger partial charge is 0.243 e. The van der Waals surface area contributed by atoms with E-state index in [0.29, 0.717) is 5.88 Å². The molecule has 1 aliphatic rings. The summed E-state index contributed by atoms with van der Waals surface area (Å²) in [5, 5.41) is 9.66. The lowest BCUT2D eigenvalue weighted by atomic mass is 10.2. The lowest BCUT2D eigenvalue weighted by Gasteiger charge is -2.08. The number of nitrogens with one attached hydrogen (secondary N) is 2. The molecule has 0 radical (unpaired) electrons. The molecule has 0 bridgehead atoms. The summed E-state index contributed by atoms with van der Waals surface area (Å²) in [4.78, 5) is 11.7. The topological polar surface area (TPSA) is 67.2 Å². The molecule has 1 fully saturated rings. The highest BCUT2D eigenvalue weighted by molar-refractivity contribution is 5.94. The van der Waals surface area contributed by atoms with Gasteiger partial charge in [0.15, 0.2) is 0 Å². The van der Waals surface area contributed by atoms with Crippen molar-refractivity contribution >= 4 is 11.8 Å². The number of aryl methyl sites for hydroxylation is 1. The Labute approximate surface area is 88.2 Å². The Morgan fingerprint density at radius 1 is 1.60 bits per heavy atom. The maximum absolute atomic E-state index is 11.7. The van der Waals surface area contributed by atoms with Crippen molar-refractivity contribution in [3.63, 3.8) is 0 Å². The van der Waals surface area contributed by atoms with Crippen molar-refractivity contribution in [1.82, 2.24) is 10.5 Å². The molecule has 2 rings (SSSR count). The number of nitrogens with zero attached hydrogens (tertiary/aromatic N) is 1. The summed E-state index contributed by atoms with van der Waals surface area (Å²) >= 11 is 0. The van der Waals surface area contributed by atoms with Crippen molar-refractivity contribution in [1.29, 1.82) is 0 Å². The summed E-state index contributed by atoms with van der Waals surface area (Å²) < 4.78 is 5.02. The van der Waals surface area contributed by atoms with Crippen molar-refractivity contribution in [3.8, 4) is 0 Å². The van der Waals surface area contributed by atoms with Gasteiger partial charge in [-0.2, -0.15) is 0 Å². The summed E-state index contributed by atoms with van der Waals surface area (Å²) in [7, 11) is 0. The molecule has 2 N–H and O–H groups in total. The fourth-order valence-corrected chi connectivity index (χ4v) is 1.64. The van der Waals surface area contributed by atoms with Crippen LogP contribution in [0.5, 0.6) is 0 Å². The fourth-order valence-electron chi connectivity index (χ4n) is 1.64. The quantitative estimate of drug-likeness (QED) is 0.762. The third-order valence-electron chi connectivity index (χ3n) is 2.77. The summed E-state index contributed by atoms with van der Waals surface area (Å²) in [6.45, 7) is 4.64. The molecule has 0 saturated carbocycles. The van der Waals surface area contributed by atoms with E-state index in [2.05, 4.69) is 15.8 Å². The summed E-state index contributed by atoms with van der Waals surface area (Å²) in [6, 6.07) is -0.0881. The number of carbonyl (C=O) groups is 1. The first kappa shape index (κ1) is 10.2. The van der Waals surface area contributed by atoms with E-state index >= 15 is 0 Å². The van der Waals surface area contributed by atoms with Gasteiger partial charge in [0, 0.05) is 5.56 Å². The number of anilines is 1. The fraction of sp³-hybridized carbons (Fsp3) is 0.600. The van der Waals surface area contributed by atoms with Crippen LogP contribution >= 0.6 is 0 Å². The summed E-state index contributed by atoms with van der Waals surface area (Å²) in [6.07, 6.45) is 1.94. The molecular weight excluding hydrogens is 194 g/mol. The van der Waals surface area contributed by atoms with Gasteiger partial charge in [0.25, 0.3) is 0 Å². The van der Waals surface area contributed by atoms with Crippen molar-refractivity contribution in [2.75, 3.05) is 11.9 Å². The van der Waals surface area contributed by atoms with Crippen LogP contribution in [0.4, 0.5) is 5.88 Å². The molecule has 1 amide bonds. The number of amides is 1. The monoisotopic (exact) mass is 209 g/mol. The molecule has 1 saturated heterocycles. The highest BCUT2D eigenvalue weighted by Gasteiger charge is 2.23. The van der Waals surface area contributed by atoms with Gasteiger partial charge in [0.1, 0.15) is 0 Å². The van der Waals surface area contributed by atoms with Gasteiger partial charge in [-0.25, -0.2) is 0 Å². The highest BCUT2D eigenvalue weighted by atomic mass is 16.5. The van der Waals surface area contributed by atoms with Crippen molar-refractivity contribution in [3.05, 3.63) is 11.3 Å². The van der Waals surface area contributed by atoms with Gasteiger partial charge in [-0.1, -0.05) is 5.16 Å². The van der Waals surface area contributed by atoms with Crippen LogP contribution in [0.15, 0.2) is 4.52 Å². The molecule has 2 heterocycles. The molecule has 0 spiro atoms. The minimum Gasteiger partial charge on any atom is -0.338 e. The van der Waals surface area contributed by atoms with Gasteiger partial charge in [-0.15, -0.1) is 0 Å². The Hall–Kier alpha value is -1.36. The molecule has 1 aromatic rings. The normalized spacial score (nSPS) is 20.5. The lowest BCUT2D eigenvalue weighted by molar-refractivity contribution is -0.117. The molecule has 0 aromatic carbocycles. The zero-order valence-corrected chi connectivity index (χ0v) is 8.96. The first-order valence-corrected chi connectivity index (χ1v) is 5.15. The molecule has 0 aliphatic carbocycles. The SMILES string of the molecule is Cc1noc(NC(=O)[C@H]2CCCN2)c1C. The van der Waals surface area contributed by atoms with Crippen molar-refractivity contribution in [2.45, 2.75) is 32.7 Å². The maximum atomic E-state index is 11.7. The molecule has 5 nitrogen and oxygen atoms in total. The Balaban J connectivity index is 2.02. The van der Waals surface area contributed by atoms with Crippen LogP contribution < -0.4 is 10.6 Å². The average Bonchev–Trinajstić information content (AvgIpc) is 2.83. The van der Waals surface area contributed by atoms with Gasteiger partial charge >= 0.3 is 0 Å². The number of carbonyl (C=O) groups excluding carboxylic acids is 1. The number of aromatic nitrogens is 1. The zero-order valence-electron chi connectivity index (χ0n) is 8.96. The Kier molecular flexibility index (Phi) is 2.73. The predicted molar refractivity (Wildman–Crippen MR) is 55.6 cm³/mol. The molecule has 1 aliphatic heterocycles. The Bertz CT molecular complexity index is 367. The van der Waals surface area contributed by atoms with E-state index in [-0.39, 0.29) is 11.9 Å². The molecule has 0 unspecified atom stereocenters. The molecule has 5 heteroatoms. The van der Waals surface area contributed by atoms with E-state index in [1.54, 1.807) is 0 Å². The van der Waals surface area contributed by atoms with E-state index < -0.39 is 0 Å². The molecular formula is C10H15N3O2. The predicted octanol–water partition coefficient (Wildman–Crippen LogP) is 0.982. The number of hydrogen-bond donors (Lipinski definition) is 2. The van der Waals surface area contributed by atoms with E-state index in [9.17, 15) is 4.79 Å². The van der Waals surface area contributed by atoms with Gasteiger partial charge in [-0.05, 0) is 33.2 Å². The van der Waals surface area contributed by atoms with Crippen LogP contribution in [0.2, 0.25) is 0 Å². The van der Waals surface area contributed by atoms with Crippen molar-refractivity contribution < 1.29 is 9.32 Å². The molecule has 1 aromatic heterocycles. The third kappa shape index (κ3) is 2.02. The second-order valence-corrected chi connectivity index (χ2v) is 3.86. The standard InChI is InChI=1S/C10H15N3O2/c1-6-7(2)13-15-10(6)12-9(14)8-4-3-5-11-8/h8,11H,3-5H2,1-2H3,(H,12,14)/t8-/m1/s1. The summed E-state index contributed by atoms with van der Waals surface area (Å²) in [5.74, 6) is 0.429. The van der Waals surface area contributed by atoms with Crippen molar-refractivity contribution in [2.24, 2.45) is 0 Å². The van der Waals surface area contributed by atoms with Gasteiger partial charge in [-0.3, -0.25) is 10.1 Å². The van der Waals surface area contributed by atoms with Crippen LogP contribution in [0.1, 0.15) is 24.1 Å². The minimum atomic E-state index is -0.0881. The van der Waals surface area contributed by atoms with Gasteiger partial charge in [0.2, 0.25) is 11.8 Å². The van der Waals surface area contributed by atoms with E-state index in [1.165, 1.54) is 0 Å². The first-order chi connectivity index (χ1) is 7.18. The van der Waals surface area contributed by atoms with E-state index in [0.717, 1.165) is 30.6 Å². The second-order valence-electron chi connectivity index (χ2n) is 3.86. The molecule has 82 valence electrons. The molecule has 15 heavy (non-hydrogen) atoms. The van der Waals surface area contributed by atoms with E-state index in [1.807, 2.05) is 13.8 Å². The maximum Gasteiger partial charge on any atom is 0.243 e. The van der Waals surface area contributed by atoms with Crippen LogP contribution in [-0.4, -0.2) is 23.7 Å². The van der Waals surface area contributed by atoms with E-state index in [4.69, 9.17) is 4.52 Å². The average molecular weight is 209 g/mol. The van der Waals surface area contributed by atoms with Crippen LogP contribution in [0.3, 0.4) is 0 Å². The third-order valence-corrected chi connectivity index (χ3v) is 2.77. The lowest BCUT2D eigenvalue weighted by Crippen LogP contribution is -2.35. The van der Waals surface area contributed by atoms with Gasteiger partial charge in [0.05, 0.1) is 11.7 Å². The second kappa shape index (κ2) is 4.02. The molecule has 1 atom stereocenters.